The summed E-state index contributed by atoms with van der Waals surface area (Å²) in [5.41, 5.74) is 3.91. The molecule has 5 aromatic rings. The van der Waals surface area contributed by atoms with Crippen molar-refractivity contribution in [2.45, 2.75) is 58.7 Å². The summed E-state index contributed by atoms with van der Waals surface area (Å²) >= 11 is 0. The van der Waals surface area contributed by atoms with Gasteiger partial charge in [-0.3, -0.25) is 4.68 Å². The Balaban J connectivity index is 1.40. The van der Waals surface area contributed by atoms with Gasteiger partial charge in [-0.2, -0.15) is 5.10 Å². The lowest BCUT2D eigenvalue weighted by atomic mass is 10.0. The average molecular weight is 636 g/mol. The number of aromatic nitrogens is 3. The van der Waals surface area contributed by atoms with Crippen molar-refractivity contribution in [2.75, 3.05) is 25.5 Å². The van der Waals surface area contributed by atoms with Crippen LogP contribution in [-0.2, 0) is 11.3 Å². The number of pyridine rings is 1. The first-order chi connectivity index (χ1) is 22.6. The number of piperidine rings is 1. The van der Waals surface area contributed by atoms with E-state index in [1.54, 1.807) is 24.1 Å². The summed E-state index contributed by atoms with van der Waals surface area (Å²) < 4.78 is 19.4. The predicted octanol–water partition coefficient (Wildman–Crippen LogP) is 8.10. The molecular weight excluding hydrogens is 594 g/mol. The molecule has 0 radical (unpaired) electrons. The monoisotopic (exact) mass is 635 g/mol. The fourth-order valence-corrected chi connectivity index (χ4v) is 5.93. The van der Waals surface area contributed by atoms with E-state index in [4.69, 9.17) is 24.3 Å². The van der Waals surface area contributed by atoms with Gasteiger partial charge in [-0.25, -0.2) is 9.78 Å². The second-order valence-electron chi connectivity index (χ2n) is 12.8. The number of aryl methyl sites for hydroxylation is 1. The minimum atomic E-state index is -0.574. The number of fused-ring (bicyclic) bond motifs is 1. The van der Waals surface area contributed by atoms with Crippen LogP contribution in [0.2, 0.25) is 0 Å². The van der Waals surface area contributed by atoms with Crippen LogP contribution < -0.4 is 14.8 Å². The van der Waals surface area contributed by atoms with Crippen molar-refractivity contribution in [1.82, 2.24) is 19.7 Å². The Kier molecular flexibility index (Phi) is 8.93. The van der Waals surface area contributed by atoms with Crippen LogP contribution in [-0.4, -0.2) is 56.7 Å². The molecule has 47 heavy (non-hydrogen) atoms. The number of carbonyl (C=O) groups excluding carboxylic acids is 1. The third-order valence-corrected chi connectivity index (χ3v) is 8.13. The maximum Gasteiger partial charge on any atom is 0.410 e. The number of methoxy groups -OCH3 is 1. The van der Waals surface area contributed by atoms with Gasteiger partial charge in [0.1, 0.15) is 40.1 Å². The zero-order chi connectivity index (χ0) is 33.1. The molecule has 3 heterocycles. The highest BCUT2D eigenvalue weighted by Crippen LogP contribution is 2.39. The number of nitrogens with one attached hydrogen (secondary N) is 1. The van der Waals surface area contributed by atoms with Crippen LogP contribution in [0.4, 0.5) is 10.6 Å². The van der Waals surface area contributed by atoms with E-state index in [-0.39, 0.29) is 17.9 Å². The first-order valence-electron chi connectivity index (χ1n) is 15.9. The van der Waals surface area contributed by atoms with Crippen LogP contribution >= 0.6 is 0 Å². The van der Waals surface area contributed by atoms with Crippen LogP contribution in [0.5, 0.6) is 23.0 Å². The van der Waals surface area contributed by atoms with Crippen molar-refractivity contribution in [1.29, 1.82) is 0 Å². The summed E-state index contributed by atoms with van der Waals surface area (Å²) in [6, 6.07) is 22.6. The van der Waals surface area contributed by atoms with Gasteiger partial charge in [-0.05, 0) is 94.6 Å². The van der Waals surface area contributed by atoms with Crippen molar-refractivity contribution in [3.63, 3.8) is 0 Å². The van der Waals surface area contributed by atoms with Crippen LogP contribution in [0.25, 0.3) is 22.2 Å². The molecule has 1 amide bonds. The number of phenolic OH excluding ortho intramolecular Hbond substituents is 1. The number of rotatable bonds is 8. The number of phenols is 1. The SMILES string of the molecule is COc1cc(O)ccc1CNc1ncc(C)c2c1c(-c1ccc(Oc3ccccc3)cc1)nn2C1CCCN(C(=O)OC(C)(C)C)C1. The Labute approximate surface area is 274 Å². The van der Waals surface area contributed by atoms with E-state index in [0.717, 1.165) is 57.6 Å². The highest BCUT2D eigenvalue weighted by molar-refractivity contribution is 6.02. The van der Waals surface area contributed by atoms with Gasteiger partial charge in [-0.1, -0.05) is 18.2 Å². The van der Waals surface area contributed by atoms with E-state index < -0.39 is 5.60 Å². The molecule has 1 atom stereocenters. The molecule has 1 fully saturated rings. The Hall–Kier alpha value is -5.25. The molecule has 0 spiro atoms. The molecule has 0 bridgehead atoms. The number of aromatic hydroxyl groups is 1. The lowest BCUT2D eigenvalue weighted by Gasteiger charge is -2.34. The second-order valence-corrected chi connectivity index (χ2v) is 12.8. The first-order valence-corrected chi connectivity index (χ1v) is 15.9. The van der Waals surface area contributed by atoms with Crippen molar-refractivity contribution in [3.05, 3.63) is 90.1 Å². The summed E-state index contributed by atoms with van der Waals surface area (Å²) in [4.78, 5) is 19.7. The molecule has 2 N–H and O–H groups in total. The largest absolute Gasteiger partial charge is 0.508 e. The number of para-hydroxylation sites is 1. The molecule has 10 heteroatoms. The topological polar surface area (TPSA) is 111 Å². The van der Waals surface area contributed by atoms with Crippen LogP contribution in [0, 0.1) is 6.92 Å². The van der Waals surface area contributed by atoms with E-state index in [1.807, 2.05) is 94.6 Å². The molecule has 6 rings (SSSR count). The van der Waals surface area contributed by atoms with Gasteiger partial charge >= 0.3 is 6.09 Å². The summed E-state index contributed by atoms with van der Waals surface area (Å²) in [6.45, 7) is 9.23. The van der Waals surface area contributed by atoms with Gasteiger partial charge in [0.05, 0.1) is 24.1 Å². The Bertz CT molecular complexity index is 1860. The van der Waals surface area contributed by atoms with Gasteiger partial charge in [0.25, 0.3) is 0 Å². The van der Waals surface area contributed by atoms with Crippen molar-refractivity contribution < 1.29 is 24.1 Å². The molecular formula is C37H41N5O5. The fraction of sp³-hybridized carbons (Fsp3) is 0.324. The quantitative estimate of drug-likeness (QED) is 0.176. The average Bonchev–Trinajstić information content (AvgIpc) is 3.47. The van der Waals surface area contributed by atoms with E-state index in [0.29, 0.717) is 31.2 Å². The standard InChI is InChI=1S/C37H41N5O5/c1-24-21-38-35(39-22-26-13-16-28(43)20-31(26)45-5)32-33(25-14-17-30(18-15-25)46-29-11-7-6-8-12-29)40-42(34(24)32)27-10-9-19-41(23-27)36(44)47-37(2,3)4/h6-8,11-18,20-21,27,43H,9-10,19,22-23H2,1-5H3,(H,38,39). The number of hydrogen-bond acceptors (Lipinski definition) is 8. The Morgan fingerprint density at radius 2 is 1.79 bits per heavy atom. The summed E-state index contributed by atoms with van der Waals surface area (Å²) in [5, 5.41) is 19.6. The van der Waals surface area contributed by atoms with Gasteiger partial charge < -0.3 is 29.5 Å². The van der Waals surface area contributed by atoms with Crippen molar-refractivity contribution in [3.8, 4) is 34.3 Å². The van der Waals surface area contributed by atoms with Gasteiger partial charge in [0.15, 0.2) is 0 Å². The maximum absolute atomic E-state index is 13.1. The third-order valence-electron chi connectivity index (χ3n) is 8.13. The number of amides is 1. The minimum Gasteiger partial charge on any atom is -0.508 e. The van der Waals surface area contributed by atoms with E-state index in [9.17, 15) is 9.90 Å². The normalized spacial score (nSPS) is 15.0. The van der Waals surface area contributed by atoms with Crippen LogP contribution in [0.3, 0.4) is 0 Å². The van der Waals surface area contributed by atoms with E-state index >= 15 is 0 Å². The van der Waals surface area contributed by atoms with Crippen LogP contribution in [0.1, 0.15) is 50.8 Å². The molecule has 0 aliphatic carbocycles. The van der Waals surface area contributed by atoms with E-state index in [1.165, 1.54) is 0 Å². The summed E-state index contributed by atoms with van der Waals surface area (Å²) in [5.74, 6) is 2.87. The van der Waals surface area contributed by atoms with Crippen molar-refractivity contribution >= 4 is 22.8 Å². The zero-order valence-corrected chi connectivity index (χ0v) is 27.5. The number of benzene rings is 3. The van der Waals surface area contributed by atoms with Crippen LogP contribution in [0.15, 0.2) is 79.0 Å². The highest BCUT2D eigenvalue weighted by Gasteiger charge is 2.31. The number of carbonyl (C=O) groups is 1. The molecule has 10 nitrogen and oxygen atoms in total. The highest BCUT2D eigenvalue weighted by atomic mass is 16.6. The van der Waals surface area contributed by atoms with Gasteiger partial charge in [-0.15, -0.1) is 0 Å². The molecule has 1 unspecified atom stereocenters. The summed E-state index contributed by atoms with van der Waals surface area (Å²) in [6.07, 6.45) is 3.25. The first kappa shape index (κ1) is 31.7. The lowest BCUT2D eigenvalue weighted by Crippen LogP contribution is -2.43. The van der Waals surface area contributed by atoms with Crippen molar-refractivity contribution in [2.24, 2.45) is 0 Å². The number of likely N-dealkylation sites (tertiary alicyclic amines) is 1. The smallest absolute Gasteiger partial charge is 0.410 e. The fourth-order valence-electron chi connectivity index (χ4n) is 5.93. The number of hydrogen-bond donors (Lipinski definition) is 2. The predicted molar refractivity (Wildman–Crippen MR) is 182 cm³/mol. The summed E-state index contributed by atoms with van der Waals surface area (Å²) in [7, 11) is 1.58. The number of anilines is 1. The molecule has 1 saturated heterocycles. The zero-order valence-electron chi connectivity index (χ0n) is 27.5. The van der Waals surface area contributed by atoms with E-state index in [2.05, 4.69) is 10.00 Å². The number of ether oxygens (including phenoxy) is 3. The molecule has 244 valence electrons. The second kappa shape index (κ2) is 13.2. The molecule has 3 aromatic carbocycles. The van der Waals surface area contributed by atoms with Gasteiger partial charge in [0.2, 0.25) is 0 Å². The Morgan fingerprint density at radius 3 is 2.51 bits per heavy atom. The molecule has 2 aromatic heterocycles. The Morgan fingerprint density at radius 1 is 1.04 bits per heavy atom. The maximum atomic E-state index is 13.1. The minimum absolute atomic E-state index is 0.0562. The molecule has 1 aliphatic heterocycles. The number of nitrogens with zero attached hydrogens (tertiary/aromatic N) is 4. The molecule has 0 saturated carbocycles. The third kappa shape index (κ3) is 7.11. The molecule has 1 aliphatic rings. The van der Waals surface area contributed by atoms with Gasteiger partial charge in [0, 0.05) is 43.0 Å². The lowest BCUT2D eigenvalue weighted by molar-refractivity contribution is 0.0169.